The Morgan fingerprint density at radius 2 is 2.14 bits per heavy atom. The molecule has 0 aromatic rings. The first kappa shape index (κ1) is 15.3. The molecule has 2 unspecified atom stereocenters. The Balaban J connectivity index is 1.62. The molecule has 0 aromatic carbocycles. The molecule has 4 nitrogen and oxygen atoms in total. The second kappa shape index (κ2) is 4.87. The monoisotopic (exact) mass is 373 g/mol. The van der Waals surface area contributed by atoms with Crippen LogP contribution in [-0.2, 0) is 9.47 Å². The quantitative estimate of drug-likeness (QED) is 0.775. The molecule has 4 aliphatic rings. The Morgan fingerprint density at radius 1 is 1.32 bits per heavy atom. The average molecular weight is 372 g/mol. The van der Waals surface area contributed by atoms with Crippen LogP contribution in [0.2, 0.25) is 10.1 Å². The molecule has 124 valence electrons. The molecule has 1 amide bonds. The molecule has 2 saturated heterocycles. The maximum atomic E-state index is 11.9. The van der Waals surface area contributed by atoms with Gasteiger partial charge < -0.3 is 0 Å². The van der Waals surface area contributed by atoms with Crippen LogP contribution in [0.1, 0.15) is 46.5 Å². The first-order chi connectivity index (χ1) is 10.4. The molecule has 4 fully saturated rings. The summed E-state index contributed by atoms with van der Waals surface area (Å²) in [7, 11) is 0. The van der Waals surface area contributed by atoms with Gasteiger partial charge in [0.25, 0.3) is 0 Å². The summed E-state index contributed by atoms with van der Waals surface area (Å²) in [6.07, 6.45) is 5.15. The van der Waals surface area contributed by atoms with E-state index in [2.05, 4.69) is 26.1 Å². The van der Waals surface area contributed by atoms with Gasteiger partial charge in [0.05, 0.1) is 0 Å². The van der Waals surface area contributed by atoms with Crippen molar-refractivity contribution in [2.75, 3.05) is 13.2 Å². The third kappa shape index (κ3) is 1.76. The second-order valence-corrected chi connectivity index (χ2v) is 10.7. The molecule has 0 radical (unpaired) electrons. The van der Waals surface area contributed by atoms with Crippen LogP contribution >= 0.6 is 0 Å². The van der Waals surface area contributed by atoms with Crippen molar-refractivity contribution in [3.05, 3.63) is 0 Å². The van der Waals surface area contributed by atoms with E-state index in [1.54, 1.807) is 0 Å². The molecular formula is C17H27NO3Se. The van der Waals surface area contributed by atoms with E-state index in [4.69, 9.17) is 9.47 Å². The Kier molecular flexibility index (Phi) is 3.39. The summed E-state index contributed by atoms with van der Waals surface area (Å²) >= 11 is 0.474. The number of amides is 1. The van der Waals surface area contributed by atoms with Crippen molar-refractivity contribution in [1.29, 1.82) is 0 Å². The fraction of sp³-hybridized carbons (Fsp3) is 0.941. The van der Waals surface area contributed by atoms with Gasteiger partial charge in [-0.3, -0.25) is 0 Å². The summed E-state index contributed by atoms with van der Waals surface area (Å²) in [5.74, 6) is 0.687. The Labute approximate surface area is 139 Å². The van der Waals surface area contributed by atoms with Gasteiger partial charge in [0.1, 0.15) is 0 Å². The van der Waals surface area contributed by atoms with Crippen LogP contribution in [0.5, 0.6) is 0 Å². The average Bonchev–Trinajstić information content (AvgIpc) is 3.17. The zero-order chi connectivity index (χ0) is 15.6. The van der Waals surface area contributed by atoms with Gasteiger partial charge >= 0.3 is 139 Å². The number of carbonyl (C=O) groups is 1. The third-order valence-electron chi connectivity index (χ3n) is 7.32. The van der Waals surface area contributed by atoms with Gasteiger partial charge in [0.15, 0.2) is 0 Å². The summed E-state index contributed by atoms with van der Waals surface area (Å²) < 4.78 is 11.9. The number of fused-ring (bicyclic) bond motifs is 3. The topological polar surface area (TPSA) is 47.6 Å². The number of carbonyl (C=O) groups excluding carboxylic acids is 1. The zero-order valence-electron chi connectivity index (χ0n) is 13.8. The van der Waals surface area contributed by atoms with Gasteiger partial charge in [-0.05, 0) is 0 Å². The fourth-order valence-electron chi connectivity index (χ4n) is 5.61. The van der Waals surface area contributed by atoms with Crippen molar-refractivity contribution < 1.29 is 14.3 Å². The first-order valence-corrected chi connectivity index (χ1v) is 10.8. The molecule has 2 aliphatic heterocycles. The first-order valence-electron chi connectivity index (χ1n) is 8.61. The second-order valence-electron chi connectivity index (χ2n) is 8.22. The van der Waals surface area contributed by atoms with Gasteiger partial charge in [0.2, 0.25) is 0 Å². The van der Waals surface area contributed by atoms with Crippen LogP contribution in [0.15, 0.2) is 0 Å². The van der Waals surface area contributed by atoms with Crippen molar-refractivity contribution in [3.8, 4) is 0 Å². The third-order valence-corrected chi connectivity index (χ3v) is 10.7. The minimum absolute atomic E-state index is 0.104. The van der Waals surface area contributed by atoms with Crippen molar-refractivity contribution in [1.82, 2.24) is 5.32 Å². The standard InChI is InChI=1S/C17H27NO3Se/c1-15(2)12-6-7-16(15,3)17(10-18-14(19)21-17)13(12)22-9-11-5-4-8-20-11/h11-13H,4-10H2,1-3H3,(H,18,19)/t11?,12-,13+,16-,17?/m1/s1. The van der Waals surface area contributed by atoms with E-state index in [-0.39, 0.29) is 22.5 Å². The van der Waals surface area contributed by atoms with E-state index in [9.17, 15) is 4.79 Å². The van der Waals surface area contributed by atoms with Crippen LogP contribution in [0.25, 0.3) is 0 Å². The van der Waals surface area contributed by atoms with Crippen molar-refractivity contribution in [3.63, 3.8) is 0 Å². The summed E-state index contributed by atoms with van der Waals surface area (Å²) in [5, 5.41) is 4.16. The summed E-state index contributed by atoms with van der Waals surface area (Å²) in [5.41, 5.74) is 0.0874. The number of ether oxygens (including phenoxy) is 2. The van der Waals surface area contributed by atoms with Crippen molar-refractivity contribution in [2.45, 2.75) is 68.3 Å². The van der Waals surface area contributed by atoms with Crippen LogP contribution < -0.4 is 5.32 Å². The molecular weight excluding hydrogens is 345 g/mol. The molecule has 2 bridgehead atoms. The summed E-state index contributed by atoms with van der Waals surface area (Å²) in [6, 6.07) is 0. The molecule has 2 aliphatic carbocycles. The predicted molar refractivity (Wildman–Crippen MR) is 85.1 cm³/mol. The van der Waals surface area contributed by atoms with E-state index in [1.807, 2.05) is 0 Å². The van der Waals surface area contributed by atoms with E-state index in [0.717, 1.165) is 6.61 Å². The number of nitrogens with one attached hydrogen (secondary N) is 1. The van der Waals surface area contributed by atoms with Crippen LogP contribution in [-0.4, -0.2) is 45.9 Å². The van der Waals surface area contributed by atoms with Crippen LogP contribution in [0, 0.1) is 16.7 Å². The van der Waals surface area contributed by atoms with E-state index >= 15 is 0 Å². The van der Waals surface area contributed by atoms with E-state index in [1.165, 1.54) is 31.0 Å². The molecule has 5 atom stereocenters. The van der Waals surface area contributed by atoms with Crippen LogP contribution in [0.3, 0.4) is 0 Å². The Hall–Kier alpha value is -0.251. The zero-order valence-corrected chi connectivity index (χ0v) is 15.5. The van der Waals surface area contributed by atoms with Gasteiger partial charge in [-0.2, -0.15) is 0 Å². The van der Waals surface area contributed by atoms with Crippen molar-refractivity contribution in [2.24, 2.45) is 16.7 Å². The predicted octanol–water partition coefficient (Wildman–Crippen LogP) is 3.01. The Bertz CT molecular complexity index is 490. The molecule has 2 heterocycles. The van der Waals surface area contributed by atoms with Gasteiger partial charge in [0, 0.05) is 0 Å². The van der Waals surface area contributed by atoms with Gasteiger partial charge in [-0.15, -0.1) is 0 Å². The molecule has 0 aromatic heterocycles. The molecule has 1 N–H and O–H groups in total. The minimum atomic E-state index is -0.269. The maximum absolute atomic E-state index is 11.9. The number of hydrogen-bond acceptors (Lipinski definition) is 3. The van der Waals surface area contributed by atoms with Crippen molar-refractivity contribution >= 4 is 21.1 Å². The SMILES string of the molecule is CC1(C)[C@@H]2CC[C@@]1(C)C1(CNC(=O)O1)[C@H]2[Se]CC1CCCO1. The molecule has 2 saturated carbocycles. The molecule has 5 heteroatoms. The summed E-state index contributed by atoms with van der Waals surface area (Å²) in [6.45, 7) is 8.82. The molecule has 1 spiro atoms. The molecule has 22 heavy (non-hydrogen) atoms. The van der Waals surface area contributed by atoms with E-state index in [0.29, 0.717) is 38.3 Å². The molecule has 4 rings (SSSR count). The number of rotatable bonds is 3. The number of alkyl carbamates (subject to hydrolysis) is 1. The summed E-state index contributed by atoms with van der Waals surface area (Å²) in [4.78, 5) is 12.4. The van der Waals surface area contributed by atoms with E-state index < -0.39 is 0 Å². The van der Waals surface area contributed by atoms with Gasteiger partial charge in [-0.25, -0.2) is 0 Å². The normalized spacial score (nSPS) is 48.9. The number of hydrogen-bond donors (Lipinski definition) is 1. The fourth-order valence-corrected chi connectivity index (χ4v) is 9.92. The van der Waals surface area contributed by atoms with Gasteiger partial charge in [-0.1, -0.05) is 0 Å². The van der Waals surface area contributed by atoms with Crippen LogP contribution in [0.4, 0.5) is 4.79 Å². The Morgan fingerprint density at radius 3 is 2.77 bits per heavy atom.